The second kappa shape index (κ2) is 8.66. The molecule has 0 spiro atoms. The summed E-state index contributed by atoms with van der Waals surface area (Å²) in [6, 6.07) is 5.05. The molecule has 0 radical (unpaired) electrons. The van der Waals surface area contributed by atoms with E-state index in [0.717, 1.165) is 5.56 Å². The molecular formula is C19H28N2O4S. The van der Waals surface area contributed by atoms with Gasteiger partial charge < -0.3 is 19.3 Å². The first-order valence-corrected chi connectivity index (χ1v) is 9.70. The van der Waals surface area contributed by atoms with Crippen molar-refractivity contribution < 1.29 is 19.1 Å². The fourth-order valence-electron chi connectivity index (χ4n) is 3.12. The first-order valence-electron chi connectivity index (χ1n) is 8.66. The van der Waals surface area contributed by atoms with E-state index in [1.54, 1.807) is 38.1 Å². The molecule has 1 saturated heterocycles. The van der Waals surface area contributed by atoms with E-state index in [4.69, 9.17) is 9.47 Å². The van der Waals surface area contributed by atoms with Crippen molar-refractivity contribution in [2.45, 2.75) is 31.7 Å². The maximum absolute atomic E-state index is 12.8. The molecule has 1 aromatic rings. The molecule has 26 heavy (non-hydrogen) atoms. The Morgan fingerprint density at radius 2 is 2.00 bits per heavy atom. The maximum atomic E-state index is 12.8. The summed E-state index contributed by atoms with van der Waals surface area (Å²) in [4.78, 5) is 28.8. The van der Waals surface area contributed by atoms with Crippen molar-refractivity contribution in [2.24, 2.45) is 5.92 Å². The van der Waals surface area contributed by atoms with Gasteiger partial charge in [0.25, 0.3) is 0 Å². The predicted molar refractivity (Wildman–Crippen MR) is 104 cm³/mol. The Hall–Kier alpha value is -1.89. The average molecular weight is 381 g/mol. The monoisotopic (exact) mass is 380 g/mol. The Labute approximate surface area is 159 Å². The van der Waals surface area contributed by atoms with Crippen LogP contribution in [0.2, 0.25) is 0 Å². The van der Waals surface area contributed by atoms with Gasteiger partial charge in [-0.25, -0.2) is 0 Å². The van der Waals surface area contributed by atoms with Gasteiger partial charge >= 0.3 is 0 Å². The van der Waals surface area contributed by atoms with Crippen molar-refractivity contribution in [3.05, 3.63) is 23.8 Å². The summed E-state index contributed by atoms with van der Waals surface area (Å²) in [6.07, 6.45) is 0.617. The summed E-state index contributed by atoms with van der Waals surface area (Å²) in [7, 11) is 6.66. The molecule has 0 N–H and O–H groups in total. The lowest BCUT2D eigenvalue weighted by Gasteiger charge is -2.34. The molecule has 7 heteroatoms. The minimum Gasteiger partial charge on any atom is -0.497 e. The van der Waals surface area contributed by atoms with Gasteiger partial charge in [0, 0.05) is 19.7 Å². The van der Waals surface area contributed by atoms with Gasteiger partial charge in [-0.15, -0.1) is 11.8 Å². The van der Waals surface area contributed by atoms with Crippen molar-refractivity contribution in [3.8, 4) is 11.5 Å². The Balaban J connectivity index is 2.48. The van der Waals surface area contributed by atoms with E-state index in [0.29, 0.717) is 23.7 Å². The highest BCUT2D eigenvalue weighted by molar-refractivity contribution is 8.00. The molecule has 0 aromatic heterocycles. The van der Waals surface area contributed by atoms with Crippen molar-refractivity contribution >= 4 is 23.6 Å². The van der Waals surface area contributed by atoms with Gasteiger partial charge in [0.2, 0.25) is 11.8 Å². The number of nitrogens with zero attached hydrogens (tertiary/aromatic N) is 2. The molecular weight excluding hydrogens is 352 g/mol. The fourth-order valence-corrected chi connectivity index (χ4v) is 4.36. The van der Waals surface area contributed by atoms with Gasteiger partial charge in [-0.2, -0.15) is 0 Å². The molecule has 1 aromatic carbocycles. The Bertz CT molecular complexity index is 663. The summed E-state index contributed by atoms with van der Waals surface area (Å²) < 4.78 is 10.9. The van der Waals surface area contributed by atoms with Crippen LogP contribution in [-0.2, 0) is 9.59 Å². The zero-order valence-electron chi connectivity index (χ0n) is 16.3. The minimum atomic E-state index is -0.492. The van der Waals surface area contributed by atoms with E-state index in [9.17, 15) is 9.59 Å². The average Bonchev–Trinajstić information content (AvgIpc) is 2.99. The Kier molecular flexibility index (Phi) is 6.81. The number of benzene rings is 1. The summed E-state index contributed by atoms with van der Waals surface area (Å²) in [5.41, 5.74) is 0.850. The molecule has 0 bridgehead atoms. The van der Waals surface area contributed by atoms with E-state index in [1.165, 1.54) is 11.8 Å². The summed E-state index contributed by atoms with van der Waals surface area (Å²) >= 11 is 1.52. The third-order valence-electron chi connectivity index (χ3n) is 4.36. The molecule has 2 unspecified atom stereocenters. The Morgan fingerprint density at radius 3 is 2.54 bits per heavy atom. The molecule has 1 aliphatic rings. The molecule has 144 valence electrons. The van der Waals surface area contributed by atoms with Crippen molar-refractivity contribution in [3.63, 3.8) is 0 Å². The minimum absolute atomic E-state index is 0.0225. The SMILES string of the molecule is COc1ccc(OC)c(C2SCC(=O)N2C(CC(C)C)C(=O)N(C)C)c1. The van der Waals surface area contributed by atoms with Gasteiger partial charge in [-0.1, -0.05) is 13.8 Å². The zero-order chi connectivity index (χ0) is 19.4. The number of ether oxygens (including phenoxy) is 2. The summed E-state index contributed by atoms with van der Waals surface area (Å²) in [5.74, 6) is 1.94. The molecule has 0 aliphatic carbocycles. The quantitative estimate of drug-likeness (QED) is 0.728. The van der Waals surface area contributed by atoms with Crippen LogP contribution in [0.1, 0.15) is 31.2 Å². The topological polar surface area (TPSA) is 59.1 Å². The van der Waals surface area contributed by atoms with E-state index in [-0.39, 0.29) is 23.1 Å². The largest absolute Gasteiger partial charge is 0.497 e. The second-order valence-electron chi connectivity index (χ2n) is 6.95. The number of carbonyl (C=O) groups excluding carboxylic acids is 2. The number of rotatable bonds is 7. The molecule has 1 heterocycles. The van der Waals surface area contributed by atoms with Crippen molar-refractivity contribution in [2.75, 3.05) is 34.1 Å². The highest BCUT2D eigenvalue weighted by Gasteiger charge is 2.42. The molecule has 0 saturated carbocycles. The lowest BCUT2D eigenvalue weighted by molar-refractivity contribution is -0.143. The number of thioether (sulfide) groups is 1. The number of hydrogen-bond donors (Lipinski definition) is 0. The highest BCUT2D eigenvalue weighted by atomic mass is 32.2. The third kappa shape index (κ3) is 4.26. The smallest absolute Gasteiger partial charge is 0.244 e. The number of likely N-dealkylation sites (N-methyl/N-ethyl adjacent to an activating group) is 1. The lowest BCUT2D eigenvalue weighted by Crippen LogP contribution is -2.48. The summed E-state index contributed by atoms with van der Waals surface area (Å²) in [5, 5.41) is -0.278. The van der Waals surface area contributed by atoms with Crippen LogP contribution in [-0.4, -0.2) is 61.7 Å². The zero-order valence-corrected chi connectivity index (χ0v) is 17.1. The van der Waals surface area contributed by atoms with Gasteiger partial charge in [0.15, 0.2) is 0 Å². The second-order valence-corrected chi connectivity index (χ2v) is 8.02. The molecule has 2 atom stereocenters. The highest BCUT2D eigenvalue weighted by Crippen LogP contribution is 2.45. The van der Waals surface area contributed by atoms with Crippen LogP contribution >= 0.6 is 11.8 Å². The number of carbonyl (C=O) groups is 2. The van der Waals surface area contributed by atoms with E-state index in [2.05, 4.69) is 13.8 Å². The molecule has 2 rings (SSSR count). The van der Waals surface area contributed by atoms with E-state index >= 15 is 0 Å². The van der Waals surface area contributed by atoms with Gasteiger partial charge in [-0.3, -0.25) is 9.59 Å². The Morgan fingerprint density at radius 1 is 1.31 bits per heavy atom. The van der Waals surface area contributed by atoms with Gasteiger partial charge in [0.1, 0.15) is 22.9 Å². The lowest BCUT2D eigenvalue weighted by atomic mass is 10.00. The van der Waals surface area contributed by atoms with Crippen molar-refractivity contribution in [1.29, 1.82) is 0 Å². The number of hydrogen-bond acceptors (Lipinski definition) is 5. The third-order valence-corrected chi connectivity index (χ3v) is 5.57. The van der Waals surface area contributed by atoms with Gasteiger partial charge in [-0.05, 0) is 30.5 Å². The molecule has 1 fully saturated rings. The van der Waals surface area contributed by atoms with Crippen LogP contribution < -0.4 is 9.47 Å². The molecule has 1 aliphatic heterocycles. The first-order chi connectivity index (χ1) is 12.3. The van der Waals surface area contributed by atoms with Crippen LogP contribution in [0, 0.1) is 5.92 Å². The van der Waals surface area contributed by atoms with Crippen LogP contribution in [0.25, 0.3) is 0 Å². The molecule has 6 nitrogen and oxygen atoms in total. The van der Waals surface area contributed by atoms with Crippen molar-refractivity contribution in [1.82, 2.24) is 9.80 Å². The standard InChI is InChI=1S/C19H28N2O4S/c1-12(2)9-15(18(23)20(3)4)21-17(22)11-26-19(21)14-10-13(24-5)7-8-16(14)25-6/h7-8,10,12,15,19H,9,11H2,1-6H3. The van der Waals surface area contributed by atoms with Crippen LogP contribution in [0.4, 0.5) is 0 Å². The normalized spacial score (nSPS) is 18.2. The van der Waals surface area contributed by atoms with Gasteiger partial charge in [0.05, 0.1) is 20.0 Å². The van der Waals surface area contributed by atoms with Crippen LogP contribution in [0.3, 0.4) is 0 Å². The van der Waals surface area contributed by atoms with E-state index in [1.807, 2.05) is 18.2 Å². The number of methoxy groups -OCH3 is 2. The first kappa shape index (κ1) is 20.4. The van der Waals surface area contributed by atoms with Crippen LogP contribution in [0.5, 0.6) is 11.5 Å². The molecule has 2 amide bonds. The maximum Gasteiger partial charge on any atom is 0.244 e. The summed E-state index contributed by atoms with van der Waals surface area (Å²) in [6.45, 7) is 4.12. The number of amides is 2. The van der Waals surface area contributed by atoms with Crippen LogP contribution in [0.15, 0.2) is 18.2 Å². The predicted octanol–water partition coefficient (Wildman–Crippen LogP) is 2.78. The fraction of sp³-hybridized carbons (Fsp3) is 0.579. The van der Waals surface area contributed by atoms with E-state index < -0.39 is 6.04 Å².